The van der Waals surface area contributed by atoms with Crippen molar-refractivity contribution >= 4 is 5.82 Å². The lowest BCUT2D eigenvalue weighted by Crippen LogP contribution is -2.16. The van der Waals surface area contributed by atoms with Crippen molar-refractivity contribution in [2.24, 2.45) is 0 Å². The van der Waals surface area contributed by atoms with E-state index in [1.807, 2.05) is 6.20 Å². The van der Waals surface area contributed by atoms with Gasteiger partial charge in [0.15, 0.2) is 0 Å². The minimum Gasteiger partial charge on any atom is -0.492 e. The molecule has 0 bridgehead atoms. The van der Waals surface area contributed by atoms with E-state index in [4.69, 9.17) is 4.74 Å². The van der Waals surface area contributed by atoms with Crippen LogP contribution in [0.15, 0.2) is 36.5 Å². The van der Waals surface area contributed by atoms with Gasteiger partial charge >= 0.3 is 0 Å². The van der Waals surface area contributed by atoms with E-state index >= 15 is 0 Å². The van der Waals surface area contributed by atoms with E-state index in [2.05, 4.69) is 45.9 Å². The highest BCUT2D eigenvalue weighted by Gasteiger charge is 2.15. The number of anilines is 1. The minimum absolute atomic E-state index is 0.601. The zero-order chi connectivity index (χ0) is 15.5. The Labute approximate surface area is 137 Å². The molecule has 0 amide bonds. The number of hydrogen-bond acceptors (Lipinski definition) is 4. The van der Waals surface area contributed by atoms with Crippen LogP contribution in [0, 0.1) is 0 Å². The summed E-state index contributed by atoms with van der Waals surface area (Å²) in [5, 5.41) is 6.92. The van der Waals surface area contributed by atoms with E-state index in [0.717, 1.165) is 36.8 Å². The number of fused-ring (bicyclic) bond motifs is 1. The first kappa shape index (κ1) is 14.5. The quantitative estimate of drug-likeness (QED) is 0.909. The second kappa shape index (κ2) is 6.59. The Morgan fingerprint density at radius 2 is 1.96 bits per heavy atom. The number of aromatic nitrogens is 1. The molecule has 0 unspecified atom stereocenters. The third-order valence-electron chi connectivity index (χ3n) is 4.72. The summed E-state index contributed by atoms with van der Waals surface area (Å²) in [4.78, 5) is 4.59. The normalized spacial score (nSPS) is 18.1. The maximum absolute atomic E-state index is 5.74. The average molecular weight is 309 g/mol. The Morgan fingerprint density at radius 1 is 1.09 bits per heavy atom. The summed E-state index contributed by atoms with van der Waals surface area (Å²) in [6.45, 7) is 2.49. The lowest BCUT2D eigenvalue weighted by Gasteiger charge is -2.13. The molecule has 2 aliphatic rings. The van der Waals surface area contributed by atoms with Crippen molar-refractivity contribution in [1.29, 1.82) is 0 Å². The van der Waals surface area contributed by atoms with Crippen LogP contribution in [-0.4, -0.2) is 24.2 Å². The number of benzene rings is 1. The molecule has 2 aromatic rings. The topological polar surface area (TPSA) is 46.2 Å². The number of ether oxygens (including phenoxy) is 1. The Morgan fingerprint density at radius 3 is 2.78 bits per heavy atom. The predicted octanol–water partition coefficient (Wildman–Crippen LogP) is 3.59. The van der Waals surface area contributed by atoms with Gasteiger partial charge in [-0.25, -0.2) is 4.98 Å². The molecular formula is C19H23N3O. The van der Waals surface area contributed by atoms with E-state index in [-0.39, 0.29) is 0 Å². The van der Waals surface area contributed by atoms with Crippen LogP contribution in [0.4, 0.5) is 5.82 Å². The predicted molar refractivity (Wildman–Crippen MR) is 92.8 cm³/mol. The fraction of sp³-hybridized carbons (Fsp3) is 0.421. The minimum atomic E-state index is 0.601. The van der Waals surface area contributed by atoms with Crippen molar-refractivity contribution in [1.82, 2.24) is 10.3 Å². The summed E-state index contributed by atoms with van der Waals surface area (Å²) in [6, 6.07) is 11.2. The molecule has 2 N–H and O–H groups in total. The summed E-state index contributed by atoms with van der Waals surface area (Å²) in [5.74, 6) is 1.98. The third-order valence-corrected chi connectivity index (χ3v) is 4.72. The van der Waals surface area contributed by atoms with Gasteiger partial charge in [0, 0.05) is 36.5 Å². The van der Waals surface area contributed by atoms with Gasteiger partial charge in [-0.2, -0.15) is 0 Å². The molecular weight excluding hydrogens is 286 g/mol. The first-order valence-corrected chi connectivity index (χ1v) is 8.58. The molecule has 120 valence electrons. The van der Waals surface area contributed by atoms with Gasteiger partial charge in [0.25, 0.3) is 0 Å². The Bertz CT molecular complexity index is 663. The van der Waals surface area contributed by atoms with Gasteiger partial charge in [0.2, 0.25) is 0 Å². The van der Waals surface area contributed by atoms with Gasteiger partial charge in [-0.15, -0.1) is 0 Å². The standard InChI is InChI=1S/C19H23N3O/c1-2-4-17(3-1)22-19-8-6-15(13-21-19)14-5-7-18-16(11-14)12-20-9-10-23-18/h5-8,11,13,17,20H,1-4,9-10,12H2,(H,21,22). The molecule has 4 nitrogen and oxygen atoms in total. The molecule has 1 saturated carbocycles. The molecule has 2 heterocycles. The molecule has 4 heteroatoms. The molecule has 1 aliphatic carbocycles. The van der Waals surface area contributed by atoms with Gasteiger partial charge in [-0.05, 0) is 42.7 Å². The van der Waals surface area contributed by atoms with Crippen molar-refractivity contribution in [3.63, 3.8) is 0 Å². The molecule has 1 fully saturated rings. The zero-order valence-electron chi connectivity index (χ0n) is 13.3. The Hall–Kier alpha value is -2.07. The largest absolute Gasteiger partial charge is 0.492 e. The van der Waals surface area contributed by atoms with Crippen LogP contribution >= 0.6 is 0 Å². The SMILES string of the molecule is c1cc(NC2CCCC2)ncc1-c1ccc2c(c1)CNCCO2. The smallest absolute Gasteiger partial charge is 0.126 e. The molecule has 4 rings (SSSR count). The maximum Gasteiger partial charge on any atom is 0.126 e. The van der Waals surface area contributed by atoms with Crippen LogP contribution in [0.3, 0.4) is 0 Å². The number of hydrogen-bond donors (Lipinski definition) is 2. The summed E-state index contributed by atoms with van der Waals surface area (Å²) in [6.07, 6.45) is 7.16. The van der Waals surface area contributed by atoms with Crippen molar-refractivity contribution in [3.05, 3.63) is 42.1 Å². The van der Waals surface area contributed by atoms with Crippen LogP contribution < -0.4 is 15.4 Å². The maximum atomic E-state index is 5.74. The highest BCUT2D eigenvalue weighted by molar-refractivity contribution is 5.66. The first-order chi connectivity index (χ1) is 11.4. The van der Waals surface area contributed by atoms with Crippen molar-refractivity contribution in [2.75, 3.05) is 18.5 Å². The molecule has 23 heavy (non-hydrogen) atoms. The van der Waals surface area contributed by atoms with E-state index in [1.165, 1.54) is 36.8 Å². The fourth-order valence-electron chi connectivity index (χ4n) is 3.42. The van der Waals surface area contributed by atoms with E-state index < -0.39 is 0 Å². The van der Waals surface area contributed by atoms with E-state index in [9.17, 15) is 0 Å². The highest BCUT2D eigenvalue weighted by Crippen LogP contribution is 2.28. The summed E-state index contributed by atoms with van der Waals surface area (Å²) >= 11 is 0. The summed E-state index contributed by atoms with van der Waals surface area (Å²) < 4.78 is 5.74. The summed E-state index contributed by atoms with van der Waals surface area (Å²) in [5.41, 5.74) is 3.55. The van der Waals surface area contributed by atoms with Gasteiger partial charge in [0.05, 0.1) is 0 Å². The molecule has 1 aromatic heterocycles. The number of nitrogens with zero attached hydrogens (tertiary/aromatic N) is 1. The lowest BCUT2D eigenvalue weighted by molar-refractivity contribution is 0.326. The molecule has 0 radical (unpaired) electrons. The second-order valence-corrected chi connectivity index (χ2v) is 6.41. The van der Waals surface area contributed by atoms with Crippen molar-refractivity contribution < 1.29 is 4.74 Å². The Kier molecular flexibility index (Phi) is 4.16. The first-order valence-electron chi connectivity index (χ1n) is 8.58. The summed E-state index contributed by atoms with van der Waals surface area (Å²) in [7, 11) is 0. The van der Waals surface area contributed by atoms with Crippen LogP contribution in [-0.2, 0) is 6.54 Å². The van der Waals surface area contributed by atoms with Crippen LogP contribution in [0.25, 0.3) is 11.1 Å². The number of rotatable bonds is 3. The average Bonchev–Trinajstić information content (AvgIpc) is 2.98. The van der Waals surface area contributed by atoms with Gasteiger partial charge in [-0.3, -0.25) is 0 Å². The van der Waals surface area contributed by atoms with Gasteiger partial charge in [-0.1, -0.05) is 18.9 Å². The van der Waals surface area contributed by atoms with E-state index in [1.54, 1.807) is 0 Å². The van der Waals surface area contributed by atoms with Crippen LogP contribution in [0.5, 0.6) is 5.75 Å². The van der Waals surface area contributed by atoms with Crippen molar-refractivity contribution in [2.45, 2.75) is 38.3 Å². The van der Waals surface area contributed by atoms with Crippen LogP contribution in [0.1, 0.15) is 31.2 Å². The molecule has 0 atom stereocenters. The van der Waals surface area contributed by atoms with Gasteiger partial charge in [0.1, 0.15) is 18.2 Å². The van der Waals surface area contributed by atoms with Crippen molar-refractivity contribution in [3.8, 4) is 16.9 Å². The number of pyridine rings is 1. The second-order valence-electron chi connectivity index (χ2n) is 6.41. The Balaban J connectivity index is 1.52. The fourth-order valence-corrected chi connectivity index (χ4v) is 3.42. The molecule has 1 aromatic carbocycles. The lowest BCUT2D eigenvalue weighted by atomic mass is 10.0. The monoisotopic (exact) mass is 309 g/mol. The zero-order valence-corrected chi connectivity index (χ0v) is 13.3. The van der Waals surface area contributed by atoms with E-state index in [0.29, 0.717) is 6.04 Å². The van der Waals surface area contributed by atoms with Crippen LogP contribution in [0.2, 0.25) is 0 Å². The third kappa shape index (κ3) is 3.32. The molecule has 0 spiro atoms. The van der Waals surface area contributed by atoms with Gasteiger partial charge < -0.3 is 15.4 Å². The number of nitrogens with one attached hydrogen (secondary N) is 2. The molecule has 0 saturated heterocycles. The highest BCUT2D eigenvalue weighted by atomic mass is 16.5. The molecule has 1 aliphatic heterocycles.